The van der Waals surface area contributed by atoms with Crippen LogP contribution in [0.15, 0.2) is 67.3 Å². The van der Waals surface area contributed by atoms with Gasteiger partial charge < -0.3 is 0 Å². The number of rotatable bonds is 5. The van der Waals surface area contributed by atoms with E-state index in [1.165, 1.54) is 36.9 Å². The Bertz CT molecular complexity index is 739. The third-order valence-electron chi connectivity index (χ3n) is 3.46. The van der Waals surface area contributed by atoms with Gasteiger partial charge in [-0.25, -0.2) is 14.1 Å². The van der Waals surface area contributed by atoms with E-state index in [1.807, 2.05) is 30.3 Å². The number of nitrogens with zero attached hydrogens (tertiary/aromatic N) is 3. The van der Waals surface area contributed by atoms with Crippen molar-refractivity contribution in [2.45, 2.75) is 12.5 Å². The molecule has 0 aliphatic carbocycles. The summed E-state index contributed by atoms with van der Waals surface area (Å²) in [5.74, 6) is -0.480. The lowest BCUT2D eigenvalue weighted by Gasteiger charge is -2.16. The molecule has 2 aromatic carbocycles. The van der Waals surface area contributed by atoms with Crippen molar-refractivity contribution in [3.63, 3.8) is 0 Å². The van der Waals surface area contributed by atoms with Crippen molar-refractivity contribution in [1.82, 2.24) is 14.8 Å². The molecule has 3 rings (SSSR count). The van der Waals surface area contributed by atoms with E-state index in [-0.39, 0.29) is 11.6 Å². The summed E-state index contributed by atoms with van der Waals surface area (Å²) >= 11 is 0. The molecule has 0 aliphatic heterocycles. The van der Waals surface area contributed by atoms with E-state index in [4.69, 9.17) is 0 Å². The van der Waals surface area contributed by atoms with Gasteiger partial charge in [0.25, 0.3) is 0 Å². The van der Waals surface area contributed by atoms with Gasteiger partial charge in [0, 0.05) is 12.0 Å². The zero-order chi connectivity index (χ0) is 15.4. The fraction of sp³-hybridized carbons (Fsp3) is 0.118. The van der Waals surface area contributed by atoms with Crippen LogP contribution in [0.1, 0.15) is 22.0 Å². The Balaban J connectivity index is 1.91. The van der Waals surface area contributed by atoms with Crippen molar-refractivity contribution >= 4 is 5.78 Å². The fourth-order valence-electron chi connectivity index (χ4n) is 2.33. The van der Waals surface area contributed by atoms with Crippen molar-refractivity contribution in [2.24, 2.45) is 0 Å². The Morgan fingerprint density at radius 1 is 1.09 bits per heavy atom. The van der Waals surface area contributed by atoms with Crippen molar-refractivity contribution in [3.05, 3.63) is 84.2 Å². The molecule has 0 fully saturated rings. The summed E-state index contributed by atoms with van der Waals surface area (Å²) in [6.07, 6.45) is 3.42. The minimum absolute atomic E-state index is 0.116. The SMILES string of the molecule is O=C(c1ccc(F)cc1)C(Cc1ccccc1)n1cncn1. The summed E-state index contributed by atoms with van der Waals surface area (Å²) in [5, 5.41) is 4.09. The second-order valence-electron chi connectivity index (χ2n) is 4.95. The van der Waals surface area contributed by atoms with Crippen LogP contribution in [0.25, 0.3) is 0 Å². The Hall–Kier alpha value is -2.82. The smallest absolute Gasteiger partial charge is 0.187 e. The number of Topliss-reactive ketones (excluding diaryl/α,β-unsaturated/α-hetero) is 1. The number of benzene rings is 2. The van der Waals surface area contributed by atoms with Crippen LogP contribution in [0.2, 0.25) is 0 Å². The quantitative estimate of drug-likeness (QED) is 0.680. The molecule has 22 heavy (non-hydrogen) atoms. The van der Waals surface area contributed by atoms with Gasteiger partial charge in [-0.1, -0.05) is 30.3 Å². The second-order valence-corrected chi connectivity index (χ2v) is 4.95. The minimum atomic E-state index is -0.504. The maximum absolute atomic E-state index is 13.0. The first-order valence-corrected chi connectivity index (χ1v) is 6.92. The lowest BCUT2D eigenvalue weighted by Crippen LogP contribution is -2.22. The number of carbonyl (C=O) groups excluding carboxylic acids is 1. The Morgan fingerprint density at radius 2 is 1.82 bits per heavy atom. The molecule has 0 N–H and O–H groups in total. The molecule has 1 unspecified atom stereocenters. The summed E-state index contributed by atoms with van der Waals surface area (Å²) < 4.78 is 14.6. The third kappa shape index (κ3) is 3.09. The Labute approximate surface area is 127 Å². The van der Waals surface area contributed by atoms with Crippen molar-refractivity contribution in [3.8, 4) is 0 Å². The predicted molar refractivity (Wildman–Crippen MR) is 79.9 cm³/mol. The van der Waals surface area contributed by atoms with Crippen LogP contribution < -0.4 is 0 Å². The van der Waals surface area contributed by atoms with Gasteiger partial charge in [0.05, 0.1) is 0 Å². The molecule has 3 aromatic rings. The molecule has 1 aromatic heterocycles. The summed E-state index contributed by atoms with van der Waals surface area (Å²) in [4.78, 5) is 16.7. The van der Waals surface area contributed by atoms with Crippen molar-refractivity contribution in [1.29, 1.82) is 0 Å². The number of hydrogen-bond donors (Lipinski definition) is 0. The van der Waals surface area contributed by atoms with E-state index in [0.29, 0.717) is 12.0 Å². The average molecular weight is 295 g/mol. The lowest BCUT2D eigenvalue weighted by molar-refractivity contribution is 0.0916. The summed E-state index contributed by atoms with van der Waals surface area (Å²) in [7, 11) is 0. The molecule has 0 spiro atoms. The van der Waals surface area contributed by atoms with Gasteiger partial charge in [-0.15, -0.1) is 0 Å². The van der Waals surface area contributed by atoms with Crippen LogP contribution in [0.3, 0.4) is 0 Å². The zero-order valence-corrected chi connectivity index (χ0v) is 11.8. The number of halogens is 1. The van der Waals surface area contributed by atoms with E-state index < -0.39 is 6.04 Å². The number of hydrogen-bond acceptors (Lipinski definition) is 3. The zero-order valence-electron chi connectivity index (χ0n) is 11.8. The molecule has 4 nitrogen and oxygen atoms in total. The van der Waals surface area contributed by atoms with Gasteiger partial charge in [-0.05, 0) is 29.8 Å². The van der Waals surface area contributed by atoms with E-state index >= 15 is 0 Å². The summed E-state index contributed by atoms with van der Waals surface area (Å²) in [6, 6.07) is 14.8. The first-order chi connectivity index (χ1) is 10.7. The maximum atomic E-state index is 13.0. The highest BCUT2D eigenvalue weighted by Gasteiger charge is 2.23. The molecule has 0 saturated heterocycles. The second kappa shape index (κ2) is 6.30. The van der Waals surface area contributed by atoms with Crippen LogP contribution in [-0.2, 0) is 6.42 Å². The molecule has 0 radical (unpaired) electrons. The number of carbonyl (C=O) groups is 1. The molecule has 1 atom stereocenters. The maximum Gasteiger partial charge on any atom is 0.187 e. The van der Waals surface area contributed by atoms with Crippen molar-refractivity contribution < 1.29 is 9.18 Å². The highest BCUT2D eigenvalue weighted by atomic mass is 19.1. The van der Waals surface area contributed by atoms with Crippen molar-refractivity contribution in [2.75, 3.05) is 0 Å². The topological polar surface area (TPSA) is 47.8 Å². The largest absolute Gasteiger partial charge is 0.292 e. The van der Waals surface area contributed by atoms with Gasteiger partial charge >= 0.3 is 0 Å². The summed E-state index contributed by atoms with van der Waals surface area (Å²) in [6.45, 7) is 0. The van der Waals surface area contributed by atoms with Crippen LogP contribution in [0, 0.1) is 5.82 Å². The Kier molecular flexibility index (Phi) is 4.05. The molecule has 0 aliphatic rings. The molecule has 5 heteroatoms. The number of ketones is 1. The molecule has 1 heterocycles. The minimum Gasteiger partial charge on any atom is -0.292 e. The molecular formula is C17H14FN3O. The normalized spacial score (nSPS) is 12.0. The lowest BCUT2D eigenvalue weighted by atomic mass is 9.98. The van der Waals surface area contributed by atoms with Crippen LogP contribution in [0.4, 0.5) is 4.39 Å². The third-order valence-corrected chi connectivity index (χ3v) is 3.46. The fourth-order valence-corrected chi connectivity index (χ4v) is 2.33. The average Bonchev–Trinajstić information content (AvgIpc) is 3.08. The molecule has 0 amide bonds. The molecule has 110 valence electrons. The monoisotopic (exact) mass is 295 g/mol. The predicted octanol–water partition coefficient (Wildman–Crippen LogP) is 3.08. The van der Waals surface area contributed by atoms with Crippen LogP contribution >= 0.6 is 0 Å². The standard InChI is InChI=1S/C17H14FN3O/c18-15-8-6-14(7-9-15)17(22)16(21-12-19-11-20-21)10-13-4-2-1-3-5-13/h1-9,11-12,16H,10H2. The van der Waals surface area contributed by atoms with Gasteiger partial charge in [0.1, 0.15) is 24.5 Å². The van der Waals surface area contributed by atoms with Gasteiger partial charge in [0.15, 0.2) is 5.78 Å². The van der Waals surface area contributed by atoms with Gasteiger partial charge in [-0.2, -0.15) is 5.10 Å². The first-order valence-electron chi connectivity index (χ1n) is 6.92. The van der Waals surface area contributed by atoms with E-state index in [1.54, 1.807) is 4.68 Å². The molecule has 0 saturated carbocycles. The van der Waals surface area contributed by atoms with Gasteiger partial charge in [-0.3, -0.25) is 4.79 Å². The van der Waals surface area contributed by atoms with E-state index in [0.717, 1.165) is 5.56 Å². The van der Waals surface area contributed by atoms with Crippen LogP contribution in [-0.4, -0.2) is 20.5 Å². The number of aromatic nitrogens is 3. The highest BCUT2D eigenvalue weighted by Crippen LogP contribution is 2.19. The molecular weight excluding hydrogens is 281 g/mol. The van der Waals surface area contributed by atoms with E-state index in [9.17, 15) is 9.18 Å². The van der Waals surface area contributed by atoms with Gasteiger partial charge in [0.2, 0.25) is 0 Å². The highest BCUT2D eigenvalue weighted by molar-refractivity contribution is 5.99. The van der Waals surface area contributed by atoms with Crippen LogP contribution in [0.5, 0.6) is 0 Å². The summed E-state index contributed by atoms with van der Waals surface area (Å²) in [5.41, 5.74) is 1.48. The van der Waals surface area contributed by atoms with E-state index in [2.05, 4.69) is 10.1 Å². The Morgan fingerprint density at radius 3 is 2.45 bits per heavy atom. The molecule has 0 bridgehead atoms. The first kappa shape index (κ1) is 14.1.